The average molecular weight is 283 g/mol. The summed E-state index contributed by atoms with van der Waals surface area (Å²) in [6.45, 7) is 4.06. The fourth-order valence-corrected chi connectivity index (χ4v) is 4.23. The minimum Gasteiger partial charge on any atom is -0.496 e. The van der Waals surface area contributed by atoms with Gasteiger partial charge < -0.3 is 10.1 Å². The quantitative estimate of drug-likeness (QED) is 0.916. The fraction of sp³-hybridized carbons (Fsp3) is 0.571. The van der Waals surface area contributed by atoms with E-state index >= 15 is 0 Å². The summed E-state index contributed by atoms with van der Waals surface area (Å²) in [6, 6.07) is 6.20. The number of aryl methyl sites for hydroxylation is 1. The molecule has 1 saturated heterocycles. The zero-order valence-electron chi connectivity index (χ0n) is 11.6. The molecule has 0 spiro atoms. The molecule has 5 heteroatoms. The molecule has 2 rings (SSSR count). The molecule has 0 aromatic heterocycles. The summed E-state index contributed by atoms with van der Waals surface area (Å²) in [5, 5.41) is 3.39. The summed E-state index contributed by atoms with van der Waals surface area (Å²) in [6.07, 6.45) is 0.695. The fourth-order valence-electron chi connectivity index (χ4n) is 2.55. The molecular formula is C14H21NO3S. The minimum absolute atomic E-state index is 0.0472. The van der Waals surface area contributed by atoms with Gasteiger partial charge in [0, 0.05) is 17.6 Å². The molecule has 1 heterocycles. The number of sulfone groups is 1. The van der Waals surface area contributed by atoms with Crippen LogP contribution in [0.3, 0.4) is 0 Å². The number of ether oxygens (including phenoxy) is 1. The lowest BCUT2D eigenvalue weighted by Gasteiger charge is -2.21. The molecule has 0 radical (unpaired) electrons. The van der Waals surface area contributed by atoms with Crippen molar-refractivity contribution in [3.05, 3.63) is 29.3 Å². The van der Waals surface area contributed by atoms with Crippen LogP contribution in [0.5, 0.6) is 5.75 Å². The molecule has 1 aliphatic heterocycles. The van der Waals surface area contributed by atoms with Crippen LogP contribution in [0.2, 0.25) is 0 Å². The van der Waals surface area contributed by atoms with E-state index in [2.05, 4.69) is 5.32 Å². The second-order valence-corrected chi connectivity index (χ2v) is 7.46. The van der Waals surface area contributed by atoms with Crippen molar-refractivity contribution in [2.45, 2.75) is 32.4 Å². The van der Waals surface area contributed by atoms with Gasteiger partial charge in [-0.3, -0.25) is 0 Å². The Kier molecular flexibility index (Phi) is 4.16. The van der Waals surface area contributed by atoms with Crippen LogP contribution >= 0.6 is 0 Å². The van der Waals surface area contributed by atoms with Gasteiger partial charge in [-0.2, -0.15) is 0 Å². The van der Waals surface area contributed by atoms with Crippen LogP contribution in [0.4, 0.5) is 0 Å². The Morgan fingerprint density at radius 1 is 1.42 bits per heavy atom. The summed E-state index contributed by atoms with van der Waals surface area (Å²) in [5.74, 6) is 1.38. The number of nitrogens with one attached hydrogen (secondary N) is 1. The molecule has 0 saturated carbocycles. The number of hydrogen-bond acceptors (Lipinski definition) is 4. The van der Waals surface area contributed by atoms with Gasteiger partial charge in [-0.15, -0.1) is 0 Å². The molecule has 1 N–H and O–H groups in total. The number of benzene rings is 1. The normalized spacial score (nSPS) is 23.2. The van der Waals surface area contributed by atoms with E-state index in [0.29, 0.717) is 12.2 Å². The summed E-state index contributed by atoms with van der Waals surface area (Å²) < 4.78 is 28.3. The van der Waals surface area contributed by atoms with E-state index in [0.717, 1.165) is 16.9 Å². The van der Waals surface area contributed by atoms with Crippen molar-refractivity contribution < 1.29 is 13.2 Å². The predicted molar refractivity (Wildman–Crippen MR) is 76.3 cm³/mol. The monoisotopic (exact) mass is 283 g/mol. The van der Waals surface area contributed by atoms with Gasteiger partial charge in [0.15, 0.2) is 9.84 Å². The Morgan fingerprint density at radius 2 is 2.16 bits per heavy atom. The zero-order chi connectivity index (χ0) is 14.0. The molecule has 0 amide bonds. The molecule has 106 valence electrons. The van der Waals surface area contributed by atoms with Gasteiger partial charge in [0.2, 0.25) is 0 Å². The summed E-state index contributed by atoms with van der Waals surface area (Å²) >= 11 is 0. The lowest BCUT2D eigenvalue weighted by molar-refractivity contribution is 0.396. The van der Waals surface area contributed by atoms with E-state index < -0.39 is 9.84 Å². The molecule has 1 aromatic carbocycles. The van der Waals surface area contributed by atoms with E-state index in [1.165, 1.54) is 0 Å². The van der Waals surface area contributed by atoms with Crippen LogP contribution in [-0.2, 0) is 9.84 Å². The predicted octanol–water partition coefficient (Wildman–Crippen LogP) is 1.84. The van der Waals surface area contributed by atoms with Gasteiger partial charge in [0.05, 0.1) is 18.6 Å². The second kappa shape index (κ2) is 5.51. The molecule has 0 aliphatic carbocycles. The van der Waals surface area contributed by atoms with Crippen LogP contribution in [-0.4, -0.2) is 33.1 Å². The third kappa shape index (κ3) is 3.48. The molecule has 4 nitrogen and oxygen atoms in total. The van der Waals surface area contributed by atoms with Crippen LogP contribution in [0.25, 0.3) is 0 Å². The SMILES string of the molecule is COc1cc(C)ccc1C(C)NC1CCS(=O)(=O)C1. The number of rotatable bonds is 4. The minimum atomic E-state index is -2.84. The van der Waals surface area contributed by atoms with E-state index in [9.17, 15) is 8.42 Å². The maximum atomic E-state index is 11.5. The summed E-state index contributed by atoms with van der Waals surface area (Å²) in [7, 11) is -1.18. The average Bonchev–Trinajstić information content (AvgIpc) is 2.68. The highest BCUT2D eigenvalue weighted by atomic mass is 32.2. The van der Waals surface area contributed by atoms with Crippen LogP contribution in [0, 0.1) is 6.92 Å². The highest BCUT2D eigenvalue weighted by Gasteiger charge is 2.29. The van der Waals surface area contributed by atoms with Crippen LogP contribution in [0.1, 0.15) is 30.5 Å². The third-order valence-electron chi connectivity index (χ3n) is 3.57. The summed E-state index contributed by atoms with van der Waals surface area (Å²) in [4.78, 5) is 0. The third-order valence-corrected chi connectivity index (χ3v) is 5.34. The van der Waals surface area contributed by atoms with Gasteiger partial charge in [-0.25, -0.2) is 8.42 Å². The summed E-state index contributed by atoms with van der Waals surface area (Å²) in [5.41, 5.74) is 2.22. The maximum Gasteiger partial charge on any atom is 0.151 e. The maximum absolute atomic E-state index is 11.5. The largest absolute Gasteiger partial charge is 0.496 e. The van der Waals surface area contributed by atoms with Gasteiger partial charge in [0.25, 0.3) is 0 Å². The van der Waals surface area contributed by atoms with Crippen molar-refractivity contribution in [3.8, 4) is 5.75 Å². The van der Waals surface area contributed by atoms with Crippen molar-refractivity contribution in [2.75, 3.05) is 18.6 Å². The molecular weight excluding hydrogens is 262 g/mol. The van der Waals surface area contributed by atoms with E-state index in [4.69, 9.17) is 4.74 Å². The first-order valence-corrected chi connectivity index (χ1v) is 8.34. The molecule has 1 fully saturated rings. The van der Waals surface area contributed by atoms with E-state index in [1.54, 1.807) is 7.11 Å². The Balaban J connectivity index is 2.10. The molecule has 1 aliphatic rings. The van der Waals surface area contributed by atoms with Crippen LogP contribution in [0.15, 0.2) is 18.2 Å². The molecule has 2 unspecified atom stereocenters. The Hall–Kier alpha value is -1.07. The van der Waals surface area contributed by atoms with E-state index in [-0.39, 0.29) is 17.8 Å². The second-order valence-electron chi connectivity index (χ2n) is 5.23. The number of hydrogen-bond donors (Lipinski definition) is 1. The van der Waals surface area contributed by atoms with Crippen molar-refractivity contribution in [1.82, 2.24) is 5.32 Å². The lowest BCUT2D eigenvalue weighted by atomic mass is 10.0. The van der Waals surface area contributed by atoms with Crippen molar-refractivity contribution in [2.24, 2.45) is 0 Å². The molecule has 2 atom stereocenters. The Morgan fingerprint density at radius 3 is 2.74 bits per heavy atom. The molecule has 0 bridgehead atoms. The number of methoxy groups -OCH3 is 1. The first-order chi connectivity index (χ1) is 8.91. The van der Waals surface area contributed by atoms with Gasteiger partial charge in [0.1, 0.15) is 5.75 Å². The van der Waals surface area contributed by atoms with Crippen molar-refractivity contribution in [3.63, 3.8) is 0 Å². The first-order valence-electron chi connectivity index (χ1n) is 6.52. The van der Waals surface area contributed by atoms with E-state index in [1.807, 2.05) is 32.0 Å². The Bertz CT molecular complexity index is 554. The van der Waals surface area contributed by atoms with Gasteiger partial charge in [-0.1, -0.05) is 12.1 Å². The Labute approximate surface area is 115 Å². The zero-order valence-corrected chi connectivity index (χ0v) is 12.5. The first kappa shape index (κ1) is 14.3. The topological polar surface area (TPSA) is 55.4 Å². The standard InChI is InChI=1S/C14H21NO3S/c1-10-4-5-13(14(8-10)18-3)11(2)15-12-6-7-19(16,17)9-12/h4-5,8,11-12,15H,6-7,9H2,1-3H3. The van der Waals surface area contributed by atoms with Crippen molar-refractivity contribution in [1.29, 1.82) is 0 Å². The lowest BCUT2D eigenvalue weighted by Crippen LogP contribution is -2.32. The van der Waals surface area contributed by atoms with Gasteiger partial charge in [-0.05, 0) is 31.9 Å². The van der Waals surface area contributed by atoms with Gasteiger partial charge >= 0.3 is 0 Å². The van der Waals surface area contributed by atoms with Crippen LogP contribution < -0.4 is 10.1 Å². The van der Waals surface area contributed by atoms with Crippen molar-refractivity contribution >= 4 is 9.84 Å². The highest BCUT2D eigenvalue weighted by Crippen LogP contribution is 2.27. The smallest absolute Gasteiger partial charge is 0.151 e. The molecule has 1 aromatic rings. The molecule has 19 heavy (non-hydrogen) atoms. The highest BCUT2D eigenvalue weighted by molar-refractivity contribution is 7.91.